The summed E-state index contributed by atoms with van der Waals surface area (Å²) in [5.41, 5.74) is 0.0111. The molecule has 0 atom stereocenters. The van der Waals surface area contributed by atoms with Gasteiger partial charge in [0.1, 0.15) is 5.75 Å². The molecule has 0 heterocycles. The summed E-state index contributed by atoms with van der Waals surface area (Å²) >= 11 is 1.57. The summed E-state index contributed by atoms with van der Waals surface area (Å²) < 4.78 is 44.8. The van der Waals surface area contributed by atoms with Crippen LogP contribution in [-0.4, -0.2) is 37.1 Å². The van der Waals surface area contributed by atoms with Gasteiger partial charge in [-0.05, 0) is 36.4 Å². The van der Waals surface area contributed by atoms with E-state index in [0.29, 0.717) is 12.3 Å². The Kier molecular flexibility index (Phi) is 7.54. The van der Waals surface area contributed by atoms with E-state index in [4.69, 9.17) is 4.74 Å². The largest absolute Gasteiger partial charge is 0.573 e. The van der Waals surface area contributed by atoms with E-state index >= 15 is 0 Å². The lowest BCUT2D eigenvalue weighted by molar-refractivity contribution is -0.274. The molecule has 2 aromatic rings. The molecule has 0 fully saturated rings. The molecule has 2 aromatic carbocycles. The molecule has 0 spiro atoms. The molecule has 144 valence electrons. The number of nitrogens with one attached hydrogen (secondary N) is 1. The minimum absolute atomic E-state index is 0.0111. The predicted octanol–water partition coefficient (Wildman–Crippen LogP) is 3.65. The van der Waals surface area contributed by atoms with Crippen LogP contribution in [0.2, 0.25) is 0 Å². The van der Waals surface area contributed by atoms with Crippen molar-refractivity contribution in [1.29, 1.82) is 0 Å². The van der Waals surface area contributed by atoms with E-state index in [1.165, 1.54) is 0 Å². The number of alkyl halides is 3. The van der Waals surface area contributed by atoms with Gasteiger partial charge in [-0.25, -0.2) is 4.79 Å². The van der Waals surface area contributed by atoms with E-state index in [1.807, 2.05) is 30.3 Å². The molecule has 2 rings (SSSR count). The van der Waals surface area contributed by atoms with E-state index < -0.39 is 30.6 Å². The number of ether oxygens (including phenoxy) is 2. The van der Waals surface area contributed by atoms with Crippen molar-refractivity contribution in [3.63, 3.8) is 0 Å². The zero-order chi connectivity index (χ0) is 19.7. The van der Waals surface area contributed by atoms with Gasteiger partial charge in [0.05, 0.1) is 5.56 Å². The number of halogens is 3. The lowest BCUT2D eigenvalue weighted by atomic mass is 10.2. The van der Waals surface area contributed by atoms with Crippen LogP contribution in [0.3, 0.4) is 0 Å². The van der Waals surface area contributed by atoms with Crippen molar-refractivity contribution in [2.75, 3.05) is 18.9 Å². The quantitative estimate of drug-likeness (QED) is 0.417. The van der Waals surface area contributed by atoms with Gasteiger partial charge in [-0.1, -0.05) is 18.2 Å². The maximum atomic E-state index is 12.1. The molecule has 9 heteroatoms. The lowest BCUT2D eigenvalue weighted by Gasteiger charge is -2.09. The molecule has 27 heavy (non-hydrogen) atoms. The lowest BCUT2D eigenvalue weighted by Crippen LogP contribution is -2.30. The van der Waals surface area contributed by atoms with Crippen molar-refractivity contribution < 1.29 is 32.2 Å². The van der Waals surface area contributed by atoms with E-state index in [0.717, 1.165) is 29.2 Å². The molecule has 0 saturated heterocycles. The Morgan fingerprint density at radius 3 is 2.30 bits per heavy atom. The number of amides is 1. The topological polar surface area (TPSA) is 64.6 Å². The van der Waals surface area contributed by atoms with Gasteiger partial charge in [0.15, 0.2) is 6.61 Å². The Morgan fingerprint density at radius 1 is 1.00 bits per heavy atom. The summed E-state index contributed by atoms with van der Waals surface area (Å²) in [7, 11) is 0. The molecule has 0 radical (unpaired) electrons. The molecular weight excluding hydrogens is 383 g/mol. The number of rotatable bonds is 8. The molecule has 0 aromatic heterocycles. The number of carbonyl (C=O) groups is 2. The number of hydrogen-bond donors (Lipinski definition) is 1. The Labute approximate surface area is 157 Å². The molecular formula is C18H16F3NO4S. The molecule has 0 aliphatic rings. The van der Waals surface area contributed by atoms with Gasteiger partial charge in [-0.3, -0.25) is 4.79 Å². The second kappa shape index (κ2) is 9.86. The first kappa shape index (κ1) is 20.6. The fourth-order valence-corrected chi connectivity index (χ4v) is 2.72. The normalized spacial score (nSPS) is 10.9. The van der Waals surface area contributed by atoms with E-state index in [1.54, 1.807) is 11.8 Å². The second-order valence-corrected chi connectivity index (χ2v) is 6.33. The monoisotopic (exact) mass is 399 g/mol. The third kappa shape index (κ3) is 8.04. The maximum absolute atomic E-state index is 12.1. The van der Waals surface area contributed by atoms with Crippen molar-refractivity contribution in [2.24, 2.45) is 0 Å². The number of carbonyl (C=O) groups excluding carboxylic acids is 2. The van der Waals surface area contributed by atoms with Crippen LogP contribution in [0.1, 0.15) is 10.4 Å². The highest BCUT2D eigenvalue weighted by Crippen LogP contribution is 2.22. The van der Waals surface area contributed by atoms with Crippen molar-refractivity contribution >= 4 is 23.6 Å². The molecule has 0 saturated carbocycles. The van der Waals surface area contributed by atoms with Crippen molar-refractivity contribution in [3.8, 4) is 5.75 Å². The summed E-state index contributed by atoms with van der Waals surface area (Å²) in [5, 5.41) is 2.61. The van der Waals surface area contributed by atoms with Gasteiger partial charge in [-0.2, -0.15) is 0 Å². The van der Waals surface area contributed by atoms with Crippen molar-refractivity contribution in [2.45, 2.75) is 11.3 Å². The Bertz CT molecular complexity index is 751. The van der Waals surface area contributed by atoms with Crippen LogP contribution >= 0.6 is 11.8 Å². The maximum Gasteiger partial charge on any atom is 0.573 e. The highest BCUT2D eigenvalue weighted by molar-refractivity contribution is 7.99. The second-order valence-electron chi connectivity index (χ2n) is 5.16. The van der Waals surface area contributed by atoms with E-state index in [9.17, 15) is 22.8 Å². The standard InChI is InChI=1S/C18H16F3NO4S/c19-18(20,21)26-14-8-6-13(7-9-14)17(24)25-12-16(23)22-10-11-27-15-4-2-1-3-5-15/h1-9H,10-12H2,(H,22,23). The van der Waals surface area contributed by atoms with Crippen LogP contribution in [0.5, 0.6) is 5.75 Å². The van der Waals surface area contributed by atoms with Gasteiger partial charge in [0.2, 0.25) is 0 Å². The van der Waals surface area contributed by atoms with Crippen LogP contribution in [0.15, 0.2) is 59.5 Å². The summed E-state index contributed by atoms with van der Waals surface area (Å²) in [6.07, 6.45) is -4.81. The number of esters is 1. The van der Waals surface area contributed by atoms with Crippen LogP contribution in [0, 0.1) is 0 Å². The van der Waals surface area contributed by atoms with Crippen molar-refractivity contribution in [3.05, 3.63) is 60.2 Å². The first-order chi connectivity index (χ1) is 12.8. The van der Waals surface area contributed by atoms with Crippen LogP contribution < -0.4 is 10.1 Å². The summed E-state index contributed by atoms with van der Waals surface area (Å²) in [4.78, 5) is 24.5. The molecule has 5 nitrogen and oxygen atoms in total. The van der Waals surface area contributed by atoms with Gasteiger partial charge in [-0.15, -0.1) is 24.9 Å². The molecule has 1 N–H and O–H groups in total. The molecule has 0 unspecified atom stereocenters. The van der Waals surface area contributed by atoms with Gasteiger partial charge in [0, 0.05) is 17.2 Å². The average molecular weight is 399 g/mol. The van der Waals surface area contributed by atoms with Gasteiger partial charge >= 0.3 is 12.3 Å². The average Bonchev–Trinajstić information content (AvgIpc) is 2.63. The Hall–Kier alpha value is -2.68. The molecule has 0 aliphatic carbocycles. The summed E-state index contributed by atoms with van der Waals surface area (Å²) in [6.45, 7) is -0.0743. The summed E-state index contributed by atoms with van der Waals surface area (Å²) in [6, 6.07) is 13.9. The highest BCUT2D eigenvalue weighted by Gasteiger charge is 2.31. The number of hydrogen-bond acceptors (Lipinski definition) is 5. The first-order valence-corrected chi connectivity index (χ1v) is 8.79. The smallest absolute Gasteiger partial charge is 0.452 e. The van der Waals surface area contributed by atoms with Gasteiger partial charge in [0.25, 0.3) is 5.91 Å². The van der Waals surface area contributed by atoms with E-state index in [-0.39, 0.29) is 5.56 Å². The van der Waals surface area contributed by atoms with E-state index in [2.05, 4.69) is 10.1 Å². The molecule has 0 bridgehead atoms. The zero-order valence-corrected chi connectivity index (χ0v) is 14.8. The van der Waals surface area contributed by atoms with Crippen LogP contribution in [0.4, 0.5) is 13.2 Å². The minimum atomic E-state index is -4.81. The molecule has 1 amide bonds. The zero-order valence-electron chi connectivity index (χ0n) is 14.0. The Balaban J connectivity index is 1.67. The van der Waals surface area contributed by atoms with Crippen LogP contribution in [-0.2, 0) is 9.53 Å². The van der Waals surface area contributed by atoms with Crippen LogP contribution in [0.25, 0.3) is 0 Å². The predicted molar refractivity (Wildman–Crippen MR) is 93.6 cm³/mol. The third-order valence-electron chi connectivity index (χ3n) is 3.09. The summed E-state index contributed by atoms with van der Waals surface area (Å²) in [5.74, 6) is -1.08. The van der Waals surface area contributed by atoms with Crippen molar-refractivity contribution in [1.82, 2.24) is 5.32 Å². The molecule has 0 aliphatic heterocycles. The third-order valence-corrected chi connectivity index (χ3v) is 4.11. The Morgan fingerprint density at radius 2 is 1.67 bits per heavy atom. The highest BCUT2D eigenvalue weighted by atomic mass is 32.2. The number of thioether (sulfide) groups is 1. The number of benzene rings is 2. The minimum Gasteiger partial charge on any atom is -0.452 e. The fraction of sp³-hybridized carbons (Fsp3) is 0.222. The SMILES string of the molecule is O=C(COC(=O)c1ccc(OC(F)(F)F)cc1)NCCSc1ccccc1. The van der Waals surface area contributed by atoms with Gasteiger partial charge < -0.3 is 14.8 Å². The fourth-order valence-electron chi connectivity index (χ4n) is 1.93. The first-order valence-electron chi connectivity index (χ1n) is 7.81.